The smallest absolute Gasteiger partial charge is 0.366 e. The van der Waals surface area contributed by atoms with Crippen LogP contribution >= 0.6 is 11.6 Å². The van der Waals surface area contributed by atoms with Crippen molar-refractivity contribution in [2.45, 2.75) is 31.7 Å². The third kappa shape index (κ3) is 3.90. The molecule has 0 radical (unpaired) electrons. The Labute approximate surface area is 197 Å². The number of alkyl halides is 3. The van der Waals surface area contributed by atoms with Gasteiger partial charge in [0.2, 0.25) is 5.95 Å². The molecule has 0 aliphatic carbocycles. The second-order valence-corrected chi connectivity index (χ2v) is 8.70. The van der Waals surface area contributed by atoms with Crippen LogP contribution in [-0.4, -0.2) is 62.7 Å². The van der Waals surface area contributed by atoms with E-state index in [1.807, 2.05) is 4.90 Å². The highest BCUT2D eigenvalue weighted by atomic mass is 35.5. The normalized spacial score (nSPS) is 21.1. The van der Waals surface area contributed by atoms with Crippen LogP contribution in [0.2, 0.25) is 5.02 Å². The number of fused-ring (bicyclic) bond motifs is 2. The molecule has 2 atom stereocenters. The molecule has 180 valence electrons. The number of carbonyl (C=O) groups excluding carboxylic acids is 1. The number of hydrogen-bond donors (Lipinski definition) is 1. The zero-order valence-corrected chi connectivity index (χ0v) is 18.8. The number of carbonyl (C=O) groups is 1. The summed E-state index contributed by atoms with van der Waals surface area (Å²) in [4.78, 5) is 25.3. The van der Waals surface area contributed by atoms with Gasteiger partial charge in [0, 0.05) is 18.1 Å². The maximum Gasteiger partial charge on any atom is 0.416 e. The molecule has 0 bridgehead atoms. The van der Waals surface area contributed by atoms with Gasteiger partial charge in [-0.1, -0.05) is 11.6 Å². The van der Waals surface area contributed by atoms with Crippen molar-refractivity contribution in [2.75, 3.05) is 36.9 Å². The van der Waals surface area contributed by atoms with E-state index >= 15 is 0 Å². The summed E-state index contributed by atoms with van der Waals surface area (Å²) < 4.78 is 46.9. The quantitative estimate of drug-likeness (QED) is 0.583. The lowest BCUT2D eigenvalue weighted by Gasteiger charge is -2.40. The van der Waals surface area contributed by atoms with Gasteiger partial charge in [0.15, 0.2) is 17.6 Å². The molecule has 34 heavy (non-hydrogen) atoms. The Morgan fingerprint density at radius 3 is 2.82 bits per heavy atom. The first kappa shape index (κ1) is 22.7. The highest BCUT2D eigenvalue weighted by Crippen LogP contribution is 2.40. The predicted octanol–water partition coefficient (Wildman–Crippen LogP) is 2.73. The minimum Gasteiger partial charge on any atom is -0.366 e. The fourth-order valence-corrected chi connectivity index (χ4v) is 5.03. The van der Waals surface area contributed by atoms with E-state index in [0.717, 1.165) is 12.1 Å². The van der Waals surface area contributed by atoms with Gasteiger partial charge >= 0.3 is 6.18 Å². The number of benzene rings is 1. The molecule has 13 heteroatoms. The van der Waals surface area contributed by atoms with Gasteiger partial charge in [0.1, 0.15) is 0 Å². The van der Waals surface area contributed by atoms with Crippen LogP contribution in [-0.2, 0) is 22.1 Å². The number of aromatic nitrogens is 4. The molecule has 1 saturated heterocycles. The fraction of sp³-hybridized carbons (Fsp3) is 0.429. The minimum atomic E-state index is -4.49. The summed E-state index contributed by atoms with van der Waals surface area (Å²) >= 11 is 6.25. The summed E-state index contributed by atoms with van der Waals surface area (Å²) in [5.41, 5.74) is 6.45. The Morgan fingerprint density at radius 2 is 2.06 bits per heavy atom. The predicted molar refractivity (Wildman–Crippen MR) is 117 cm³/mol. The number of hydrogen-bond acceptors (Lipinski definition) is 7. The van der Waals surface area contributed by atoms with E-state index < -0.39 is 23.9 Å². The number of amides is 1. The average molecular weight is 496 g/mol. The van der Waals surface area contributed by atoms with Crippen LogP contribution in [0.15, 0.2) is 24.5 Å². The number of nitrogens with two attached hydrogens (primary N) is 1. The van der Waals surface area contributed by atoms with Gasteiger partial charge in [-0.05, 0) is 36.6 Å². The van der Waals surface area contributed by atoms with E-state index in [9.17, 15) is 18.0 Å². The third-order valence-corrected chi connectivity index (χ3v) is 6.56. The van der Waals surface area contributed by atoms with Crippen LogP contribution in [0.3, 0.4) is 0 Å². The number of ether oxygens (including phenoxy) is 1. The van der Waals surface area contributed by atoms with E-state index in [-0.39, 0.29) is 36.4 Å². The number of morpholine rings is 1. The summed E-state index contributed by atoms with van der Waals surface area (Å²) in [6.07, 6.45) is -1.84. The lowest BCUT2D eigenvalue weighted by Crippen LogP contribution is -2.53. The van der Waals surface area contributed by atoms with Gasteiger partial charge in [0.05, 0.1) is 37.2 Å². The van der Waals surface area contributed by atoms with Crippen LogP contribution in [0.4, 0.5) is 24.9 Å². The van der Waals surface area contributed by atoms with E-state index in [1.165, 1.54) is 6.20 Å². The van der Waals surface area contributed by atoms with Gasteiger partial charge in [-0.15, -0.1) is 5.10 Å². The fourth-order valence-electron chi connectivity index (χ4n) is 4.63. The Hall–Kier alpha value is -3.12. The number of rotatable bonds is 2. The maximum absolute atomic E-state index is 13.4. The van der Waals surface area contributed by atoms with Crippen molar-refractivity contribution in [1.82, 2.24) is 24.5 Å². The summed E-state index contributed by atoms with van der Waals surface area (Å²) in [7, 11) is 0. The molecule has 1 amide bonds. The summed E-state index contributed by atoms with van der Waals surface area (Å²) in [6, 6.07) is 1.54. The van der Waals surface area contributed by atoms with E-state index in [4.69, 9.17) is 22.1 Å². The summed E-state index contributed by atoms with van der Waals surface area (Å²) in [5, 5.41) is 4.19. The van der Waals surface area contributed by atoms with Crippen molar-refractivity contribution in [3.05, 3.63) is 46.2 Å². The second-order valence-electron chi connectivity index (χ2n) is 8.30. The number of halogens is 4. The molecule has 2 aliphatic rings. The lowest BCUT2D eigenvalue weighted by atomic mass is 9.91. The molecule has 9 nitrogen and oxygen atoms in total. The van der Waals surface area contributed by atoms with Gasteiger partial charge in [-0.2, -0.15) is 22.7 Å². The van der Waals surface area contributed by atoms with Crippen molar-refractivity contribution < 1.29 is 22.7 Å². The summed E-state index contributed by atoms with van der Waals surface area (Å²) in [5.74, 6) is 0.487. The topological polar surface area (TPSA) is 102 Å². The van der Waals surface area contributed by atoms with Gasteiger partial charge in [-0.25, -0.2) is 0 Å². The largest absolute Gasteiger partial charge is 0.416 e. The van der Waals surface area contributed by atoms with E-state index in [1.54, 1.807) is 22.5 Å². The van der Waals surface area contributed by atoms with Gasteiger partial charge < -0.3 is 20.3 Å². The molecular weight excluding hydrogens is 475 g/mol. The molecule has 5 rings (SSSR count). The Balaban J connectivity index is 1.38. The molecule has 2 aromatic heterocycles. The second kappa shape index (κ2) is 8.27. The zero-order chi connectivity index (χ0) is 24.2. The first-order valence-corrected chi connectivity index (χ1v) is 11.0. The molecule has 1 fully saturated rings. The van der Waals surface area contributed by atoms with Crippen molar-refractivity contribution in [2.24, 2.45) is 0 Å². The molecule has 4 heterocycles. The minimum absolute atomic E-state index is 0.00235. The van der Waals surface area contributed by atoms with E-state index in [2.05, 4.69) is 15.1 Å². The highest BCUT2D eigenvalue weighted by Gasteiger charge is 2.38. The standard InChI is InChI=1S/C21H21ClF3N7O2/c1-11-18-12(6-13(7-14(18)22)21(23,24)25)2-3-31(11)19(33)15-10-30(4-5-34-15)17-9-27-8-16-28-20(26)29-32(16)17/h6-9,11,15H,2-5,10H2,1H3,(H2,26,29)/t11-,15-/m1/s1. The van der Waals surface area contributed by atoms with Crippen LogP contribution in [0.25, 0.3) is 5.65 Å². The first-order chi connectivity index (χ1) is 16.1. The van der Waals surface area contributed by atoms with Crippen molar-refractivity contribution in [3.8, 4) is 0 Å². The molecule has 0 saturated carbocycles. The Kier molecular flexibility index (Phi) is 5.52. The average Bonchev–Trinajstić information content (AvgIpc) is 3.18. The van der Waals surface area contributed by atoms with Gasteiger partial charge in [0.25, 0.3) is 5.91 Å². The van der Waals surface area contributed by atoms with Crippen LogP contribution in [0.1, 0.15) is 29.7 Å². The SMILES string of the molecule is C[C@@H]1c2c(Cl)cc(C(F)(F)F)cc2CCN1C(=O)[C@H]1CN(c2cncc3nc(N)nn23)CCO1. The first-order valence-electron chi connectivity index (χ1n) is 10.7. The summed E-state index contributed by atoms with van der Waals surface area (Å²) in [6.45, 7) is 3.08. The van der Waals surface area contributed by atoms with Crippen molar-refractivity contribution in [3.63, 3.8) is 0 Å². The van der Waals surface area contributed by atoms with Crippen molar-refractivity contribution in [1.29, 1.82) is 0 Å². The van der Waals surface area contributed by atoms with Crippen LogP contribution in [0, 0.1) is 0 Å². The highest BCUT2D eigenvalue weighted by molar-refractivity contribution is 6.31. The molecule has 2 N–H and O–H groups in total. The molecule has 1 aromatic carbocycles. The van der Waals surface area contributed by atoms with E-state index in [0.29, 0.717) is 35.7 Å². The number of anilines is 2. The Bertz CT molecular complexity index is 1270. The molecule has 0 unspecified atom stereocenters. The lowest BCUT2D eigenvalue weighted by molar-refractivity contribution is -0.147. The molecule has 3 aromatic rings. The van der Waals surface area contributed by atoms with Crippen molar-refractivity contribution >= 4 is 34.9 Å². The maximum atomic E-state index is 13.4. The molecule has 2 aliphatic heterocycles. The third-order valence-electron chi connectivity index (χ3n) is 6.24. The number of nitrogen functional groups attached to an aromatic ring is 1. The monoisotopic (exact) mass is 495 g/mol. The van der Waals surface area contributed by atoms with Gasteiger partial charge in [-0.3, -0.25) is 9.78 Å². The van der Waals surface area contributed by atoms with Crippen LogP contribution in [0.5, 0.6) is 0 Å². The number of nitrogens with zero attached hydrogens (tertiary/aromatic N) is 6. The molecule has 0 spiro atoms. The molecular formula is C21H21ClF3N7O2. The Morgan fingerprint density at radius 1 is 1.26 bits per heavy atom. The van der Waals surface area contributed by atoms with Crippen LogP contribution < -0.4 is 10.6 Å². The zero-order valence-electron chi connectivity index (χ0n) is 18.1.